The van der Waals surface area contributed by atoms with E-state index in [2.05, 4.69) is 4.90 Å². The Morgan fingerprint density at radius 1 is 1.38 bits per heavy atom. The van der Waals surface area contributed by atoms with E-state index in [1.807, 2.05) is 18.4 Å². The smallest absolute Gasteiger partial charge is 0.223 e. The lowest BCUT2D eigenvalue weighted by Gasteiger charge is -2.36. The van der Waals surface area contributed by atoms with Gasteiger partial charge in [0.25, 0.3) is 0 Å². The lowest BCUT2D eigenvalue weighted by Crippen LogP contribution is -2.40. The van der Waals surface area contributed by atoms with Crippen molar-refractivity contribution in [2.45, 2.75) is 58.7 Å². The summed E-state index contributed by atoms with van der Waals surface area (Å²) in [6.45, 7) is 6.35. The van der Waals surface area contributed by atoms with Gasteiger partial charge >= 0.3 is 0 Å². The van der Waals surface area contributed by atoms with E-state index in [1.54, 1.807) is 0 Å². The fourth-order valence-electron chi connectivity index (χ4n) is 3.36. The van der Waals surface area contributed by atoms with Gasteiger partial charge in [0, 0.05) is 37.5 Å². The maximum Gasteiger partial charge on any atom is 0.223 e. The highest BCUT2D eigenvalue weighted by atomic mass is 16.3. The summed E-state index contributed by atoms with van der Waals surface area (Å²) in [4.78, 5) is 14.1. The summed E-state index contributed by atoms with van der Waals surface area (Å²) in [6, 6.07) is 1.83. The van der Waals surface area contributed by atoms with Gasteiger partial charge in [-0.1, -0.05) is 6.42 Å². The summed E-state index contributed by atoms with van der Waals surface area (Å²) in [5.74, 6) is -0.129. The number of piperidine rings is 1. The highest BCUT2D eigenvalue weighted by Crippen LogP contribution is 2.24. The molecule has 0 radical (unpaired) electrons. The monoisotopic (exact) mass is 294 g/mol. The van der Waals surface area contributed by atoms with Crippen molar-refractivity contribution in [1.29, 1.82) is 0 Å². The lowest BCUT2D eigenvalue weighted by molar-refractivity contribution is 0.108. The third-order valence-electron chi connectivity index (χ3n) is 4.48. The van der Waals surface area contributed by atoms with Gasteiger partial charge in [0.15, 0.2) is 5.75 Å². The summed E-state index contributed by atoms with van der Waals surface area (Å²) in [7, 11) is 0. The number of pyridine rings is 1. The van der Waals surface area contributed by atoms with E-state index < -0.39 is 0 Å². The first kappa shape index (κ1) is 16.0. The molecule has 2 heterocycles. The first-order chi connectivity index (χ1) is 10.1. The topological polar surface area (TPSA) is 65.7 Å². The molecule has 0 saturated carbocycles. The third kappa shape index (κ3) is 3.47. The number of aliphatic hydroxyl groups is 1. The molecule has 1 saturated heterocycles. The SMILES string of the molecule is CCn1c(C)cc(=O)c(O)c1CN1CCCCC1CCO. The summed E-state index contributed by atoms with van der Waals surface area (Å²) in [5, 5.41) is 19.4. The van der Waals surface area contributed by atoms with Crippen LogP contribution in [0.25, 0.3) is 0 Å². The molecule has 0 aromatic carbocycles. The highest BCUT2D eigenvalue weighted by Gasteiger charge is 2.24. The molecule has 1 aromatic rings. The van der Waals surface area contributed by atoms with E-state index in [0.29, 0.717) is 18.3 Å². The van der Waals surface area contributed by atoms with Crippen molar-refractivity contribution >= 4 is 0 Å². The van der Waals surface area contributed by atoms with Crippen molar-refractivity contribution in [3.05, 3.63) is 27.7 Å². The number of hydrogen-bond donors (Lipinski definition) is 2. The van der Waals surface area contributed by atoms with Gasteiger partial charge in [0.2, 0.25) is 5.43 Å². The summed E-state index contributed by atoms with van der Waals surface area (Å²) < 4.78 is 2.00. The molecule has 1 aliphatic heterocycles. The van der Waals surface area contributed by atoms with E-state index in [1.165, 1.54) is 12.5 Å². The van der Waals surface area contributed by atoms with Gasteiger partial charge in [-0.25, -0.2) is 0 Å². The molecule has 21 heavy (non-hydrogen) atoms. The number of aromatic nitrogens is 1. The number of rotatable bonds is 5. The number of aromatic hydroxyl groups is 1. The molecule has 0 aliphatic carbocycles. The average Bonchev–Trinajstić information content (AvgIpc) is 2.47. The van der Waals surface area contributed by atoms with Crippen LogP contribution in [-0.2, 0) is 13.1 Å². The molecule has 1 fully saturated rings. The second-order valence-corrected chi connectivity index (χ2v) is 5.82. The second-order valence-electron chi connectivity index (χ2n) is 5.82. The number of aryl methyl sites for hydroxylation is 1. The molecule has 5 heteroatoms. The van der Waals surface area contributed by atoms with Crippen LogP contribution in [-0.4, -0.2) is 38.9 Å². The molecule has 0 bridgehead atoms. The zero-order valence-electron chi connectivity index (χ0n) is 13.0. The lowest BCUT2D eigenvalue weighted by atomic mass is 9.99. The van der Waals surface area contributed by atoms with Crippen molar-refractivity contribution < 1.29 is 10.2 Å². The van der Waals surface area contributed by atoms with Crippen molar-refractivity contribution in [1.82, 2.24) is 9.47 Å². The molecule has 2 rings (SSSR count). The first-order valence-corrected chi connectivity index (χ1v) is 7.85. The maximum atomic E-state index is 11.9. The van der Waals surface area contributed by atoms with Crippen LogP contribution >= 0.6 is 0 Å². The van der Waals surface area contributed by atoms with Gasteiger partial charge < -0.3 is 14.8 Å². The molecule has 2 N–H and O–H groups in total. The summed E-state index contributed by atoms with van der Waals surface area (Å²) in [5.41, 5.74) is 1.28. The van der Waals surface area contributed by atoms with Crippen LogP contribution in [0.1, 0.15) is 44.0 Å². The summed E-state index contributed by atoms with van der Waals surface area (Å²) in [6.07, 6.45) is 4.14. The zero-order chi connectivity index (χ0) is 15.4. The van der Waals surface area contributed by atoms with Crippen LogP contribution in [0.5, 0.6) is 5.75 Å². The Bertz CT molecular complexity index is 537. The van der Waals surface area contributed by atoms with Crippen LogP contribution in [0.15, 0.2) is 10.9 Å². The molecule has 118 valence electrons. The van der Waals surface area contributed by atoms with Crippen LogP contribution in [0.3, 0.4) is 0 Å². The molecule has 0 spiro atoms. The Morgan fingerprint density at radius 3 is 2.81 bits per heavy atom. The standard InChI is InChI=1S/C16H26N2O3/c1-3-18-12(2)10-15(20)16(21)14(18)11-17-8-5-4-6-13(17)7-9-19/h10,13,19,21H,3-9,11H2,1-2H3. The van der Waals surface area contributed by atoms with Crippen molar-refractivity contribution in [3.8, 4) is 5.75 Å². The molecule has 1 aromatic heterocycles. The Kier molecular flexibility index (Phi) is 5.42. The number of likely N-dealkylation sites (tertiary alicyclic amines) is 1. The van der Waals surface area contributed by atoms with E-state index >= 15 is 0 Å². The normalized spacial score (nSPS) is 19.9. The van der Waals surface area contributed by atoms with E-state index in [4.69, 9.17) is 0 Å². The Morgan fingerprint density at radius 2 is 2.14 bits per heavy atom. The molecular formula is C16H26N2O3. The predicted octanol–water partition coefficient (Wildman–Crippen LogP) is 1.62. The van der Waals surface area contributed by atoms with Crippen LogP contribution in [0.2, 0.25) is 0 Å². The largest absolute Gasteiger partial charge is 0.503 e. The minimum absolute atomic E-state index is 0.129. The fraction of sp³-hybridized carbons (Fsp3) is 0.688. The molecule has 1 atom stereocenters. The molecule has 1 unspecified atom stereocenters. The molecular weight excluding hydrogens is 268 g/mol. The van der Waals surface area contributed by atoms with Gasteiger partial charge in [0.05, 0.1) is 5.69 Å². The van der Waals surface area contributed by atoms with Crippen molar-refractivity contribution in [2.75, 3.05) is 13.2 Å². The van der Waals surface area contributed by atoms with Gasteiger partial charge in [0.1, 0.15) is 0 Å². The van der Waals surface area contributed by atoms with Gasteiger partial charge in [-0.15, -0.1) is 0 Å². The minimum Gasteiger partial charge on any atom is -0.503 e. The van der Waals surface area contributed by atoms with Crippen molar-refractivity contribution in [3.63, 3.8) is 0 Å². The van der Waals surface area contributed by atoms with E-state index in [0.717, 1.165) is 38.0 Å². The van der Waals surface area contributed by atoms with Crippen LogP contribution in [0, 0.1) is 6.92 Å². The van der Waals surface area contributed by atoms with Gasteiger partial charge in [-0.2, -0.15) is 0 Å². The fourth-order valence-corrected chi connectivity index (χ4v) is 3.36. The Balaban J connectivity index is 2.31. The first-order valence-electron chi connectivity index (χ1n) is 7.85. The average molecular weight is 294 g/mol. The molecule has 5 nitrogen and oxygen atoms in total. The second kappa shape index (κ2) is 7.09. The number of nitrogens with zero attached hydrogens (tertiary/aromatic N) is 2. The number of aliphatic hydroxyl groups excluding tert-OH is 1. The third-order valence-corrected chi connectivity index (χ3v) is 4.48. The molecule has 0 amide bonds. The van der Waals surface area contributed by atoms with Gasteiger partial charge in [-0.05, 0) is 39.7 Å². The zero-order valence-corrected chi connectivity index (χ0v) is 13.0. The van der Waals surface area contributed by atoms with E-state index in [9.17, 15) is 15.0 Å². The highest BCUT2D eigenvalue weighted by molar-refractivity contribution is 5.29. The Hall–Kier alpha value is -1.33. The predicted molar refractivity (Wildman–Crippen MR) is 82.5 cm³/mol. The van der Waals surface area contributed by atoms with Crippen LogP contribution < -0.4 is 5.43 Å². The quantitative estimate of drug-likeness (QED) is 0.866. The Labute approximate surface area is 125 Å². The maximum absolute atomic E-state index is 11.9. The summed E-state index contributed by atoms with van der Waals surface area (Å²) >= 11 is 0. The van der Waals surface area contributed by atoms with E-state index in [-0.39, 0.29) is 17.8 Å². The number of hydrogen-bond acceptors (Lipinski definition) is 4. The molecule has 1 aliphatic rings. The minimum atomic E-state index is -0.303. The van der Waals surface area contributed by atoms with Crippen LogP contribution in [0.4, 0.5) is 0 Å². The van der Waals surface area contributed by atoms with Crippen molar-refractivity contribution in [2.24, 2.45) is 0 Å². The van der Waals surface area contributed by atoms with Gasteiger partial charge in [-0.3, -0.25) is 9.69 Å².